The third-order valence-corrected chi connectivity index (χ3v) is 2.16. The first-order valence-corrected chi connectivity index (χ1v) is 4.83. The van der Waals surface area contributed by atoms with Crippen molar-refractivity contribution >= 4 is 5.69 Å². The predicted octanol–water partition coefficient (Wildman–Crippen LogP) is 2.01. The monoisotopic (exact) mass is 178 g/mol. The standard InChI is InChI=1S/C11H18N2/c1-13-11-7-5-10(6-8-11)4-2-3-9-12/h5-8,13H,2-4,9,12H2,1H3. The van der Waals surface area contributed by atoms with Crippen LogP contribution in [0, 0.1) is 0 Å². The van der Waals surface area contributed by atoms with Crippen LogP contribution in [0.5, 0.6) is 0 Å². The van der Waals surface area contributed by atoms with E-state index in [-0.39, 0.29) is 0 Å². The second kappa shape index (κ2) is 5.60. The van der Waals surface area contributed by atoms with Crippen molar-refractivity contribution in [2.45, 2.75) is 19.3 Å². The number of nitrogens with two attached hydrogens (primary N) is 1. The molecule has 0 radical (unpaired) electrons. The van der Waals surface area contributed by atoms with E-state index < -0.39 is 0 Å². The average Bonchev–Trinajstić information content (AvgIpc) is 2.19. The highest BCUT2D eigenvalue weighted by Gasteiger charge is 1.92. The van der Waals surface area contributed by atoms with Crippen LogP contribution in [0.1, 0.15) is 18.4 Å². The minimum absolute atomic E-state index is 0.800. The number of hydrogen-bond acceptors (Lipinski definition) is 2. The van der Waals surface area contributed by atoms with Gasteiger partial charge in [-0.25, -0.2) is 0 Å². The molecule has 1 aromatic carbocycles. The van der Waals surface area contributed by atoms with Gasteiger partial charge in [0.05, 0.1) is 0 Å². The third-order valence-electron chi connectivity index (χ3n) is 2.16. The maximum atomic E-state index is 5.43. The topological polar surface area (TPSA) is 38.0 Å². The fraction of sp³-hybridized carbons (Fsp3) is 0.455. The molecule has 0 spiro atoms. The molecule has 0 aliphatic carbocycles. The summed E-state index contributed by atoms with van der Waals surface area (Å²) in [6.07, 6.45) is 3.45. The van der Waals surface area contributed by atoms with Crippen molar-refractivity contribution in [2.24, 2.45) is 5.73 Å². The summed E-state index contributed by atoms with van der Waals surface area (Å²) in [4.78, 5) is 0. The highest BCUT2D eigenvalue weighted by atomic mass is 14.8. The first-order chi connectivity index (χ1) is 6.36. The molecule has 0 unspecified atom stereocenters. The lowest BCUT2D eigenvalue weighted by atomic mass is 10.1. The van der Waals surface area contributed by atoms with Crippen molar-refractivity contribution < 1.29 is 0 Å². The van der Waals surface area contributed by atoms with Gasteiger partial charge in [0.1, 0.15) is 0 Å². The van der Waals surface area contributed by atoms with E-state index in [0.29, 0.717) is 0 Å². The molecular weight excluding hydrogens is 160 g/mol. The molecule has 1 aromatic rings. The van der Waals surface area contributed by atoms with Gasteiger partial charge in [0.15, 0.2) is 0 Å². The van der Waals surface area contributed by atoms with Crippen LogP contribution in [-0.4, -0.2) is 13.6 Å². The van der Waals surface area contributed by atoms with E-state index in [1.54, 1.807) is 0 Å². The quantitative estimate of drug-likeness (QED) is 0.677. The highest BCUT2D eigenvalue weighted by molar-refractivity contribution is 5.43. The largest absolute Gasteiger partial charge is 0.388 e. The highest BCUT2D eigenvalue weighted by Crippen LogP contribution is 2.10. The number of anilines is 1. The van der Waals surface area contributed by atoms with E-state index in [9.17, 15) is 0 Å². The second-order valence-electron chi connectivity index (χ2n) is 3.19. The van der Waals surface area contributed by atoms with Crippen LogP contribution in [0.4, 0.5) is 5.69 Å². The van der Waals surface area contributed by atoms with E-state index in [1.807, 2.05) is 7.05 Å². The van der Waals surface area contributed by atoms with Crippen molar-refractivity contribution in [3.8, 4) is 0 Å². The number of hydrogen-bond donors (Lipinski definition) is 2. The van der Waals surface area contributed by atoms with Gasteiger partial charge in [-0.15, -0.1) is 0 Å². The summed E-state index contributed by atoms with van der Waals surface area (Å²) in [5.41, 5.74) is 7.99. The van der Waals surface area contributed by atoms with Gasteiger partial charge in [0, 0.05) is 12.7 Å². The summed E-state index contributed by atoms with van der Waals surface area (Å²) in [6.45, 7) is 0.800. The molecule has 0 bridgehead atoms. The third kappa shape index (κ3) is 3.47. The number of nitrogens with one attached hydrogen (secondary N) is 1. The second-order valence-corrected chi connectivity index (χ2v) is 3.19. The average molecular weight is 178 g/mol. The molecule has 72 valence electrons. The van der Waals surface area contributed by atoms with E-state index in [1.165, 1.54) is 17.7 Å². The first-order valence-electron chi connectivity index (χ1n) is 4.83. The molecule has 0 aromatic heterocycles. The van der Waals surface area contributed by atoms with Crippen LogP contribution >= 0.6 is 0 Å². The summed E-state index contributed by atoms with van der Waals surface area (Å²) in [5.74, 6) is 0. The number of aryl methyl sites for hydroxylation is 1. The van der Waals surface area contributed by atoms with E-state index >= 15 is 0 Å². The zero-order valence-corrected chi connectivity index (χ0v) is 8.22. The fourth-order valence-electron chi connectivity index (χ4n) is 1.31. The molecule has 2 heteroatoms. The Morgan fingerprint density at radius 1 is 1.15 bits per heavy atom. The van der Waals surface area contributed by atoms with Gasteiger partial charge in [0.25, 0.3) is 0 Å². The molecule has 0 amide bonds. The van der Waals surface area contributed by atoms with Crippen molar-refractivity contribution in [1.82, 2.24) is 0 Å². The Labute approximate surface area is 80.1 Å². The van der Waals surface area contributed by atoms with Crippen LogP contribution < -0.4 is 11.1 Å². The van der Waals surface area contributed by atoms with Gasteiger partial charge in [0.2, 0.25) is 0 Å². The maximum absolute atomic E-state index is 5.43. The molecule has 0 saturated carbocycles. The first kappa shape index (κ1) is 10.1. The van der Waals surface area contributed by atoms with Crippen molar-refractivity contribution in [3.05, 3.63) is 29.8 Å². The lowest BCUT2D eigenvalue weighted by Crippen LogP contribution is -1.99. The fourth-order valence-corrected chi connectivity index (χ4v) is 1.31. The Bertz CT molecular complexity index is 228. The molecule has 0 heterocycles. The molecular formula is C11H18N2. The van der Waals surface area contributed by atoms with Gasteiger partial charge in [-0.3, -0.25) is 0 Å². The molecule has 3 N–H and O–H groups in total. The summed E-state index contributed by atoms with van der Waals surface area (Å²) in [5, 5.41) is 3.10. The summed E-state index contributed by atoms with van der Waals surface area (Å²) < 4.78 is 0. The summed E-state index contributed by atoms with van der Waals surface area (Å²) >= 11 is 0. The number of unbranched alkanes of at least 4 members (excludes halogenated alkanes) is 1. The molecule has 0 saturated heterocycles. The van der Waals surface area contributed by atoms with Crippen LogP contribution in [0.2, 0.25) is 0 Å². The molecule has 2 nitrogen and oxygen atoms in total. The zero-order chi connectivity index (χ0) is 9.52. The smallest absolute Gasteiger partial charge is 0.0337 e. The molecule has 1 rings (SSSR count). The molecule has 13 heavy (non-hydrogen) atoms. The summed E-state index contributed by atoms with van der Waals surface area (Å²) in [6, 6.07) is 8.56. The van der Waals surface area contributed by atoms with Crippen molar-refractivity contribution in [2.75, 3.05) is 18.9 Å². The van der Waals surface area contributed by atoms with Crippen molar-refractivity contribution in [1.29, 1.82) is 0 Å². The summed E-state index contributed by atoms with van der Waals surface area (Å²) in [7, 11) is 1.93. The SMILES string of the molecule is CNc1ccc(CCCCN)cc1. The molecule has 0 atom stereocenters. The molecule has 0 aliphatic heterocycles. The van der Waals surface area contributed by atoms with Crippen LogP contribution in [0.15, 0.2) is 24.3 Å². The lowest BCUT2D eigenvalue weighted by molar-refractivity contribution is 0.745. The van der Waals surface area contributed by atoms with Gasteiger partial charge in [-0.2, -0.15) is 0 Å². The van der Waals surface area contributed by atoms with Crippen LogP contribution in [0.3, 0.4) is 0 Å². The maximum Gasteiger partial charge on any atom is 0.0337 e. The Hall–Kier alpha value is -1.02. The van der Waals surface area contributed by atoms with E-state index in [4.69, 9.17) is 5.73 Å². The van der Waals surface area contributed by atoms with Gasteiger partial charge < -0.3 is 11.1 Å². The number of rotatable bonds is 5. The lowest BCUT2D eigenvalue weighted by Gasteiger charge is -2.02. The van der Waals surface area contributed by atoms with Crippen molar-refractivity contribution in [3.63, 3.8) is 0 Å². The minimum atomic E-state index is 0.800. The van der Waals surface area contributed by atoms with Gasteiger partial charge >= 0.3 is 0 Å². The normalized spacial score (nSPS) is 10.0. The molecule has 0 aliphatic rings. The van der Waals surface area contributed by atoms with Gasteiger partial charge in [-0.1, -0.05) is 12.1 Å². The Morgan fingerprint density at radius 2 is 1.85 bits per heavy atom. The van der Waals surface area contributed by atoms with E-state index in [0.717, 1.165) is 19.4 Å². The van der Waals surface area contributed by atoms with E-state index in [2.05, 4.69) is 29.6 Å². The zero-order valence-electron chi connectivity index (χ0n) is 8.22. The molecule has 0 fully saturated rings. The number of benzene rings is 1. The Balaban J connectivity index is 2.40. The van der Waals surface area contributed by atoms with Crippen LogP contribution in [-0.2, 0) is 6.42 Å². The minimum Gasteiger partial charge on any atom is -0.388 e. The Morgan fingerprint density at radius 3 is 2.38 bits per heavy atom. The van der Waals surface area contributed by atoms with Gasteiger partial charge in [-0.05, 0) is 43.5 Å². The van der Waals surface area contributed by atoms with Crippen LogP contribution in [0.25, 0.3) is 0 Å². The Kier molecular flexibility index (Phi) is 4.33. The predicted molar refractivity (Wildman–Crippen MR) is 58.0 cm³/mol.